The molecule has 104 valence electrons. The minimum absolute atomic E-state index is 0.321. The van der Waals surface area contributed by atoms with E-state index in [0.29, 0.717) is 6.04 Å². The van der Waals surface area contributed by atoms with Gasteiger partial charge in [0, 0.05) is 35.4 Å². The molecule has 2 nitrogen and oxygen atoms in total. The lowest BCUT2D eigenvalue weighted by Crippen LogP contribution is -2.46. The Bertz CT molecular complexity index is 513. The maximum absolute atomic E-state index is 5.98. The predicted molar refractivity (Wildman–Crippen MR) is 85.9 cm³/mol. The summed E-state index contributed by atoms with van der Waals surface area (Å²) in [6.45, 7) is 2.91. The third kappa shape index (κ3) is 2.93. The molecular formula is C16H16Cl2N2. The molecular weight excluding hydrogens is 291 g/mol. The summed E-state index contributed by atoms with van der Waals surface area (Å²) >= 11 is 12.0. The zero-order chi connectivity index (χ0) is 13.9. The Balaban J connectivity index is 1.90. The summed E-state index contributed by atoms with van der Waals surface area (Å²) < 4.78 is 0. The SMILES string of the molecule is Clc1ccc(C2CNCCN2c2ccc(Cl)cc2)cc1. The van der Waals surface area contributed by atoms with Crippen molar-refractivity contribution < 1.29 is 0 Å². The Morgan fingerprint density at radius 3 is 2.15 bits per heavy atom. The number of piperazine rings is 1. The van der Waals surface area contributed by atoms with Crippen molar-refractivity contribution >= 4 is 28.9 Å². The molecule has 0 amide bonds. The second-order valence-corrected chi connectivity index (χ2v) is 5.81. The third-order valence-corrected chi connectivity index (χ3v) is 4.16. The van der Waals surface area contributed by atoms with Crippen molar-refractivity contribution in [1.82, 2.24) is 5.32 Å². The Labute approximate surface area is 129 Å². The summed E-state index contributed by atoms with van der Waals surface area (Å²) in [4.78, 5) is 2.41. The van der Waals surface area contributed by atoms with Gasteiger partial charge in [0.05, 0.1) is 6.04 Å². The number of nitrogens with zero attached hydrogens (tertiary/aromatic N) is 1. The number of hydrogen-bond donors (Lipinski definition) is 1. The molecule has 1 aliphatic rings. The highest BCUT2D eigenvalue weighted by Crippen LogP contribution is 2.29. The minimum Gasteiger partial charge on any atom is -0.362 e. The van der Waals surface area contributed by atoms with Gasteiger partial charge in [-0.25, -0.2) is 0 Å². The zero-order valence-electron chi connectivity index (χ0n) is 11.0. The summed E-state index contributed by atoms with van der Waals surface area (Å²) in [5, 5.41) is 5.00. The number of halogens is 2. The van der Waals surface area contributed by atoms with Crippen LogP contribution in [0.3, 0.4) is 0 Å². The van der Waals surface area contributed by atoms with Gasteiger partial charge in [-0.15, -0.1) is 0 Å². The molecule has 1 atom stereocenters. The van der Waals surface area contributed by atoms with E-state index in [1.165, 1.54) is 11.3 Å². The first-order chi connectivity index (χ1) is 9.74. The van der Waals surface area contributed by atoms with Crippen LogP contribution in [0, 0.1) is 0 Å². The quantitative estimate of drug-likeness (QED) is 0.897. The number of rotatable bonds is 2. The molecule has 0 radical (unpaired) electrons. The van der Waals surface area contributed by atoms with E-state index in [1.807, 2.05) is 24.3 Å². The van der Waals surface area contributed by atoms with Gasteiger partial charge in [-0.3, -0.25) is 0 Å². The minimum atomic E-state index is 0.321. The molecule has 1 heterocycles. The first-order valence-electron chi connectivity index (χ1n) is 6.72. The van der Waals surface area contributed by atoms with Gasteiger partial charge in [-0.05, 0) is 42.0 Å². The Kier molecular flexibility index (Phi) is 4.16. The Hall–Kier alpha value is -1.22. The van der Waals surface area contributed by atoms with E-state index in [1.54, 1.807) is 0 Å². The van der Waals surface area contributed by atoms with Gasteiger partial charge in [0.2, 0.25) is 0 Å². The second kappa shape index (κ2) is 6.04. The molecule has 4 heteroatoms. The molecule has 3 rings (SSSR count). The Morgan fingerprint density at radius 1 is 0.900 bits per heavy atom. The average Bonchev–Trinajstić information content (AvgIpc) is 2.49. The molecule has 0 saturated carbocycles. The van der Waals surface area contributed by atoms with E-state index >= 15 is 0 Å². The molecule has 2 aromatic rings. The monoisotopic (exact) mass is 306 g/mol. The smallest absolute Gasteiger partial charge is 0.0667 e. The van der Waals surface area contributed by atoms with Crippen LogP contribution < -0.4 is 10.2 Å². The molecule has 1 fully saturated rings. The molecule has 0 bridgehead atoms. The fourth-order valence-electron chi connectivity index (χ4n) is 2.63. The normalized spacial score (nSPS) is 19.1. The lowest BCUT2D eigenvalue weighted by atomic mass is 10.0. The Morgan fingerprint density at radius 2 is 1.50 bits per heavy atom. The van der Waals surface area contributed by atoms with Gasteiger partial charge in [-0.1, -0.05) is 35.3 Å². The van der Waals surface area contributed by atoms with Crippen LogP contribution in [0.4, 0.5) is 5.69 Å². The summed E-state index contributed by atoms with van der Waals surface area (Å²) in [5.74, 6) is 0. The molecule has 0 aliphatic carbocycles. The fraction of sp³-hybridized carbons (Fsp3) is 0.250. The van der Waals surface area contributed by atoms with E-state index in [4.69, 9.17) is 23.2 Å². The number of hydrogen-bond acceptors (Lipinski definition) is 2. The molecule has 1 aliphatic heterocycles. The number of benzene rings is 2. The van der Waals surface area contributed by atoms with Crippen molar-refractivity contribution in [2.45, 2.75) is 6.04 Å². The molecule has 1 saturated heterocycles. The van der Waals surface area contributed by atoms with Crippen LogP contribution >= 0.6 is 23.2 Å². The van der Waals surface area contributed by atoms with Crippen LogP contribution in [0.5, 0.6) is 0 Å². The summed E-state index contributed by atoms with van der Waals surface area (Å²) in [6.07, 6.45) is 0. The van der Waals surface area contributed by atoms with Crippen molar-refractivity contribution in [2.24, 2.45) is 0 Å². The van der Waals surface area contributed by atoms with Crippen molar-refractivity contribution in [3.63, 3.8) is 0 Å². The van der Waals surface area contributed by atoms with E-state index in [0.717, 1.165) is 29.7 Å². The van der Waals surface area contributed by atoms with Crippen molar-refractivity contribution in [1.29, 1.82) is 0 Å². The van der Waals surface area contributed by atoms with E-state index in [-0.39, 0.29) is 0 Å². The summed E-state index contributed by atoms with van der Waals surface area (Å²) in [7, 11) is 0. The van der Waals surface area contributed by atoms with Crippen molar-refractivity contribution in [3.8, 4) is 0 Å². The van der Waals surface area contributed by atoms with Gasteiger partial charge < -0.3 is 10.2 Å². The third-order valence-electron chi connectivity index (χ3n) is 3.66. The zero-order valence-corrected chi connectivity index (χ0v) is 12.5. The molecule has 20 heavy (non-hydrogen) atoms. The molecule has 0 aromatic heterocycles. The molecule has 0 spiro atoms. The van der Waals surface area contributed by atoms with Crippen LogP contribution in [0.25, 0.3) is 0 Å². The van der Waals surface area contributed by atoms with Crippen molar-refractivity contribution in [3.05, 3.63) is 64.1 Å². The molecule has 2 aromatic carbocycles. The highest BCUT2D eigenvalue weighted by Gasteiger charge is 2.23. The van der Waals surface area contributed by atoms with Gasteiger partial charge in [-0.2, -0.15) is 0 Å². The highest BCUT2D eigenvalue weighted by molar-refractivity contribution is 6.30. The largest absolute Gasteiger partial charge is 0.362 e. The highest BCUT2D eigenvalue weighted by atomic mass is 35.5. The summed E-state index contributed by atoms with van der Waals surface area (Å²) in [6, 6.07) is 16.5. The fourth-order valence-corrected chi connectivity index (χ4v) is 2.88. The predicted octanol–water partition coefficient (Wildman–Crippen LogP) is 4.14. The molecule has 1 unspecified atom stereocenters. The number of nitrogens with one attached hydrogen (secondary N) is 1. The number of anilines is 1. The van der Waals surface area contributed by atoms with Gasteiger partial charge in [0.25, 0.3) is 0 Å². The second-order valence-electron chi connectivity index (χ2n) is 4.94. The van der Waals surface area contributed by atoms with Crippen LogP contribution in [-0.2, 0) is 0 Å². The lowest BCUT2D eigenvalue weighted by molar-refractivity contribution is 0.490. The van der Waals surface area contributed by atoms with Gasteiger partial charge in [0.1, 0.15) is 0 Å². The molecule has 1 N–H and O–H groups in total. The first-order valence-corrected chi connectivity index (χ1v) is 7.48. The maximum atomic E-state index is 5.98. The topological polar surface area (TPSA) is 15.3 Å². The summed E-state index contributed by atoms with van der Waals surface area (Å²) in [5.41, 5.74) is 2.48. The standard InChI is InChI=1S/C16H16Cl2N2/c17-13-3-1-12(2-4-13)16-11-19-9-10-20(16)15-7-5-14(18)6-8-15/h1-8,16,19H,9-11H2. The van der Waals surface area contributed by atoms with E-state index < -0.39 is 0 Å². The van der Waals surface area contributed by atoms with Crippen LogP contribution in [0.2, 0.25) is 10.0 Å². The maximum Gasteiger partial charge on any atom is 0.0667 e. The van der Waals surface area contributed by atoms with Crippen LogP contribution in [0.15, 0.2) is 48.5 Å². The van der Waals surface area contributed by atoms with Gasteiger partial charge in [0.15, 0.2) is 0 Å². The average molecular weight is 307 g/mol. The van der Waals surface area contributed by atoms with Crippen molar-refractivity contribution in [2.75, 3.05) is 24.5 Å². The van der Waals surface area contributed by atoms with E-state index in [2.05, 4.69) is 34.5 Å². The first kappa shape index (κ1) is 13.7. The van der Waals surface area contributed by atoms with Crippen LogP contribution in [-0.4, -0.2) is 19.6 Å². The lowest BCUT2D eigenvalue weighted by Gasteiger charge is -2.38. The van der Waals surface area contributed by atoms with Crippen LogP contribution in [0.1, 0.15) is 11.6 Å². The van der Waals surface area contributed by atoms with E-state index in [9.17, 15) is 0 Å². The van der Waals surface area contributed by atoms with Gasteiger partial charge >= 0.3 is 0 Å².